The summed E-state index contributed by atoms with van der Waals surface area (Å²) in [6.07, 6.45) is 2.53. The smallest absolute Gasteiger partial charge is 0.245 e. The second kappa shape index (κ2) is 6.50. The fraction of sp³-hybridized carbons (Fsp3) is 0.400. The fourth-order valence-corrected chi connectivity index (χ4v) is 4.49. The van der Waals surface area contributed by atoms with Gasteiger partial charge in [-0.05, 0) is 43.5 Å². The molecule has 1 unspecified atom stereocenters. The van der Waals surface area contributed by atoms with E-state index in [0.717, 1.165) is 17.4 Å². The lowest BCUT2D eigenvalue weighted by Gasteiger charge is -2.17. The number of hydrogen-bond acceptors (Lipinski definition) is 4. The molecule has 2 heterocycles. The molecule has 1 aliphatic rings. The van der Waals surface area contributed by atoms with Crippen molar-refractivity contribution in [2.24, 2.45) is 11.7 Å². The Balaban J connectivity index is 0.00000176. The molecule has 1 atom stereocenters. The summed E-state index contributed by atoms with van der Waals surface area (Å²) >= 11 is 0. The van der Waals surface area contributed by atoms with Crippen LogP contribution in [-0.2, 0) is 10.0 Å². The van der Waals surface area contributed by atoms with E-state index in [0.29, 0.717) is 25.2 Å². The lowest BCUT2D eigenvalue weighted by atomic mass is 10.1. The maximum absolute atomic E-state index is 12.8. The lowest BCUT2D eigenvalue weighted by molar-refractivity contribution is 0.459. The van der Waals surface area contributed by atoms with Crippen molar-refractivity contribution in [1.82, 2.24) is 9.29 Å². The molecule has 1 saturated heterocycles. The molecule has 7 heteroatoms. The van der Waals surface area contributed by atoms with Gasteiger partial charge < -0.3 is 5.73 Å². The highest BCUT2D eigenvalue weighted by Crippen LogP contribution is 2.28. The fourth-order valence-electron chi connectivity index (χ4n) is 2.80. The Labute approximate surface area is 137 Å². The SMILES string of the molecule is Cc1cnc2c(S(=O)(=O)N3CCC(CN)C3)cccc2c1.Cl. The first kappa shape index (κ1) is 17.1. The Bertz CT molecular complexity index is 779. The number of fused-ring (bicyclic) bond motifs is 1. The van der Waals surface area contributed by atoms with Gasteiger partial charge in [0.25, 0.3) is 0 Å². The summed E-state index contributed by atoms with van der Waals surface area (Å²) in [5.41, 5.74) is 7.21. The molecule has 0 saturated carbocycles. The van der Waals surface area contributed by atoms with Gasteiger partial charge in [0, 0.05) is 24.7 Å². The molecule has 2 N–H and O–H groups in total. The first-order valence-electron chi connectivity index (χ1n) is 7.08. The summed E-state index contributed by atoms with van der Waals surface area (Å²) in [6.45, 7) is 3.51. The summed E-state index contributed by atoms with van der Waals surface area (Å²) in [7, 11) is -3.51. The third-order valence-corrected chi connectivity index (χ3v) is 5.91. The van der Waals surface area contributed by atoms with Crippen LogP contribution in [0.25, 0.3) is 10.9 Å². The van der Waals surface area contributed by atoms with Crippen LogP contribution in [0.4, 0.5) is 0 Å². The summed E-state index contributed by atoms with van der Waals surface area (Å²) in [4.78, 5) is 4.62. The zero-order chi connectivity index (χ0) is 15.0. The van der Waals surface area contributed by atoms with E-state index in [1.165, 1.54) is 4.31 Å². The number of nitrogens with two attached hydrogens (primary N) is 1. The average Bonchev–Trinajstić information content (AvgIpc) is 2.96. The van der Waals surface area contributed by atoms with Crippen molar-refractivity contribution in [3.05, 3.63) is 36.0 Å². The Morgan fingerprint density at radius 3 is 2.86 bits per heavy atom. The van der Waals surface area contributed by atoms with Gasteiger partial charge in [-0.2, -0.15) is 4.31 Å². The highest BCUT2D eigenvalue weighted by atomic mass is 35.5. The largest absolute Gasteiger partial charge is 0.330 e. The minimum absolute atomic E-state index is 0. The van der Waals surface area contributed by atoms with Gasteiger partial charge >= 0.3 is 0 Å². The van der Waals surface area contributed by atoms with E-state index >= 15 is 0 Å². The number of nitrogens with zero attached hydrogens (tertiary/aromatic N) is 2. The molecule has 3 rings (SSSR count). The average molecular weight is 342 g/mol. The molecule has 1 aromatic heterocycles. The normalized spacial score (nSPS) is 19.3. The van der Waals surface area contributed by atoms with Crippen molar-refractivity contribution in [3.63, 3.8) is 0 Å². The second-order valence-corrected chi connectivity index (χ2v) is 7.50. The Morgan fingerprint density at radius 2 is 2.18 bits per heavy atom. The van der Waals surface area contributed by atoms with Crippen molar-refractivity contribution in [2.75, 3.05) is 19.6 Å². The molecule has 0 spiro atoms. The molecule has 1 aromatic carbocycles. The van der Waals surface area contributed by atoms with Gasteiger partial charge in [0.05, 0.1) is 5.52 Å². The second-order valence-electron chi connectivity index (χ2n) is 5.59. The molecule has 0 amide bonds. The van der Waals surface area contributed by atoms with Crippen LogP contribution in [0, 0.1) is 12.8 Å². The zero-order valence-electron chi connectivity index (χ0n) is 12.4. The molecule has 2 aromatic rings. The molecule has 1 fully saturated rings. The molecule has 22 heavy (non-hydrogen) atoms. The van der Waals surface area contributed by atoms with Gasteiger partial charge in [-0.25, -0.2) is 8.42 Å². The quantitative estimate of drug-likeness (QED) is 0.925. The first-order valence-corrected chi connectivity index (χ1v) is 8.52. The highest BCUT2D eigenvalue weighted by Gasteiger charge is 2.33. The third-order valence-electron chi connectivity index (χ3n) is 4.01. The number of hydrogen-bond donors (Lipinski definition) is 1. The molecular weight excluding hydrogens is 322 g/mol. The van der Waals surface area contributed by atoms with E-state index in [2.05, 4.69) is 4.98 Å². The standard InChI is InChI=1S/C15H19N3O2S.ClH/c1-11-7-13-3-2-4-14(15(13)17-9-11)21(19,20)18-6-5-12(8-16)10-18;/h2-4,7,9,12H,5-6,8,10,16H2,1H3;1H. The molecule has 0 radical (unpaired) electrons. The van der Waals surface area contributed by atoms with Crippen LogP contribution < -0.4 is 5.73 Å². The van der Waals surface area contributed by atoms with E-state index < -0.39 is 10.0 Å². The number of halogens is 1. The van der Waals surface area contributed by atoms with Crippen LogP contribution in [0.15, 0.2) is 35.4 Å². The number of aryl methyl sites for hydroxylation is 1. The monoisotopic (exact) mass is 341 g/mol. The zero-order valence-corrected chi connectivity index (χ0v) is 14.0. The molecule has 5 nitrogen and oxygen atoms in total. The topological polar surface area (TPSA) is 76.3 Å². The van der Waals surface area contributed by atoms with E-state index in [1.54, 1.807) is 18.3 Å². The van der Waals surface area contributed by atoms with Gasteiger partial charge in [-0.15, -0.1) is 12.4 Å². The predicted octanol–water partition coefficient (Wildman–Crippen LogP) is 1.93. The van der Waals surface area contributed by atoms with E-state index in [9.17, 15) is 8.42 Å². The molecular formula is C15H20ClN3O2S. The maximum atomic E-state index is 12.8. The minimum Gasteiger partial charge on any atom is -0.330 e. The van der Waals surface area contributed by atoms with Gasteiger partial charge in [-0.3, -0.25) is 4.98 Å². The number of para-hydroxylation sites is 1. The van der Waals surface area contributed by atoms with Crippen molar-refractivity contribution in [3.8, 4) is 0 Å². The minimum atomic E-state index is -3.51. The first-order chi connectivity index (χ1) is 10.0. The van der Waals surface area contributed by atoms with Gasteiger partial charge in [0.1, 0.15) is 4.90 Å². The van der Waals surface area contributed by atoms with Crippen molar-refractivity contribution in [2.45, 2.75) is 18.2 Å². The van der Waals surface area contributed by atoms with Gasteiger partial charge in [-0.1, -0.05) is 12.1 Å². The van der Waals surface area contributed by atoms with Crippen molar-refractivity contribution < 1.29 is 8.42 Å². The number of rotatable bonds is 3. The van der Waals surface area contributed by atoms with E-state index in [4.69, 9.17) is 5.73 Å². The summed E-state index contributed by atoms with van der Waals surface area (Å²) in [5.74, 6) is 0.255. The van der Waals surface area contributed by atoms with E-state index in [1.807, 2.05) is 19.1 Å². The van der Waals surface area contributed by atoms with Crippen LogP contribution >= 0.6 is 12.4 Å². The number of aromatic nitrogens is 1. The highest BCUT2D eigenvalue weighted by molar-refractivity contribution is 7.89. The van der Waals surface area contributed by atoms with Crippen LogP contribution in [0.2, 0.25) is 0 Å². The van der Waals surface area contributed by atoms with Crippen LogP contribution in [0.1, 0.15) is 12.0 Å². The summed E-state index contributed by atoms with van der Waals surface area (Å²) in [6, 6.07) is 7.25. The van der Waals surface area contributed by atoms with E-state index in [-0.39, 0.29) is 23.2 Å². The molecule has 1 aliphatic heterocycles. The Kier molecular flexibility index (Phi) is 5.07. The van der Waals surface area contributed by atoms with Crippen molar-refractivity contribution in [1.29, 1.82) is 0 Å². The van der Waals surface area contributed by atoms with Gasteiger partial charge in [0.2, 0.25) is 10.0 Å². The molecule has 120 valence electrons. The summed E-state index contributed by atoms with van der Waals surface area (Å²) < 4.78 is 27.2. The molecule has 0 bridgehead atoms. The number of pyridine rings is 1. The number of sulfonamides is 1. The van der Waals surface area contributed by atoms with Gasteiger partial charge in [0.15, 0.2) is 0 Å². The maximum Gasteiger partial charge on any atom is 0.245 e. The molecule has 0 aliphatic carbocycles. The number of benzene rings is 1. The van der Waals surface area contributed by atoms with Crippen LogP contribution in [-0.4, -0.2) is 37.3 Å². The Hall–Kier alpha value is -1.21. The predicted molar refractivity (Wildman–Crippen MR) is 89.6 cm³/mol. The lowest BCUT2D eigenvalue weighted by Crippen LogP contribution is -2.30. The Morgan fingerprint density at radius 1 is 1.41 bits per heavy atom. The summed E-state index contributed by atoms with van der Waals surface area (Å²) in [5, 5.41) is 0.852. The van der Waals surface area contributed by atoms with Crippen LogP contribution in [0.3, 0.4) is 0 Å². The van der Waals surface area contributed by atoms with Crippen molar-refractivity contribution >= 4 is 33.3 Å². The van der Waals surface area contributed by atoms with Crippen LogP contribution in [0.5, 0.6) is 0 Å². The third kappa shape index (κ3) is 2.96.